The van der Waals surface area contributed by atoms with Crippen molar-refractivity contribution in [3.05, 3.63) is 29.8 Å². The number of hydrogen-bond donors (Lipinski definition) is 1. The molecule has 2 unspecified atom stereocenters. The van der Waals surface area contributed by atoms with E-state index in [2.05, 4.69) is 0 Å². The Morgan fingerprint density at radius 3 is 2.47 bits per heavy atom. The van der Waals surface area contributed by atoms with Crippen LogP contribution in [0.1, 0.15) is 12.5 Å². The van der Waals surface area contributed by atoms with Gasteiger partial charge >= 0.3 is 0 Å². The Labute approximate surface area is 113 Å². The summed E-state index contributed by atoms with van der Waals surface area (Å²) in [7, 11) is 1.60. The summed E-state index contributed by atoms with van der Waals surface area (Å²) in [6, 6.07) is 8.75. The summed E-state index contributed by atoms with van der Waals surface area (Å²) in [5.41, 5.74) is 0.574. The van der Waals surface area contributed by atoms with Gasteiger partial charge in [-0.05, 0) is 31.2 Å². The number of benzene rings is 1. The van der Waals surface area contributed by atoms with E-state index in [1.807, 2.05) is 13.0 Å². The largest absolute Gasteiger partial charge is 0.491 e. The Balaban J connectivity index is 2.25. The smallest absolute Gasteiger partial charge is 0.119 e. The highest BCUT2D eigenvalue weighted by Gasteiger charge is 2.09. The van der Waals surface area contributed by atoms with E-state index >= 15 is 0 Å². The minimum atomic E-state index is -0.699. The zero-order valence-corrected chi connectivity index (χ0v) is 11.2. The minimum Gasteiger partial charge on any atom is -0.491 e. The van der Waals surface area contributed by atoms with E-state index in [-0.39, 0.29) is 19.3 Å². The first-order valence-electron chi connectivity index (χ1n) is 6.07. The highest BCUT2D eigenvalue weighted by atomic mass is 16.5. The first kappa shape index (κ1) is 15.4. The average molecular weight is 265 g/mol. The molecule has 0 spiro atoms. The molecule has 104 valence electrons. The van der Waals surface area contributed by atoms with Crippen LogP contribution in [-0.4, -0.2) is 44.2 Å². The molecule has 1 aromatic carbocycles. The maximum absolute atomic E-state index is 9.69. The molecule has 0 aliphatic carbocycles. The van der Waals surface area contributed by atoms with E-state index in [1.54, 1.807) is 31.4 Å². The molecule has 2 atom stereocenters. The number of aliphatic hydroxyl groups is 1. The van der Waals surface area contributed by atoms with Crippen molar-refractivity contribution in [2.75, 3.05) is 26.9 Å². The van der Waals surface area contributed by atoms with Crippen LogP contribution in [-0.2, 0) is 9.47 Å². The third kappa shape index (κ3) is 6.20. The van der Waals surface area contributed by atoms with E-state index in [1.165, 1.54) is 0 Å². The van der Waals surface area contributed by atoms with Gasteiger partial charge in [0.2, 0.25) is 0 Å². The minimum absolute atomic E-state index is 0.0606. The van der Waals surface area contributed by atoms with E-state index in [9.17, 15) is 5.11 Å². The molecule has 1 N–H and O–H groups in total. The van der Waals surface area contributed by atoms with Crippen LogP contribution < -0.4 is 4.74 Å². The summed E-state index contributed by atoms with van der Waals surface area (Å²) < 4.78 is 15.7. The van der Waals surface area contributed by atoms with Gasteiger partial charge in [-0.2, -0.15) is 5.26 Å². The fourth-order valence-corrected chi connectivity index (χ4v) is 1.42. The Kier molecular flexibility index (Phi) is 6.90. The van der Waals surface area contributed by atoms with Gasteiger partial charge in [-0.3, -0.25) is 0 Å². The van der Waals surface area contributed by atoms with Gasteiger partial charge in [-0.15, -0.1) is 0 Å². The van der Waals surface area contributed by atoms with Gasteiger partial charge in [0.25, 0.3) is 0 Å². The molecule has 1 rings (SSSR count). The number of nitriles is 1. The Hall–Kier alpha value is -1.61. The number of aliphatic hydroxyl groups excluding tert-OH is 1. The maximum atomic E-state index is 9.69. The van der Waals surface area contributed by atoms with Crippen molar-refractivity contribution in [3.8, 4) is 11.8 Å². The van der Waals surface area contributed by atoms with E-state index in [0.717, 1.165) is 0 Å². The molecular weight excluding hydrogens is 246 g/mol. The number of nitrogens with zero attached hydrogens (tertiary/aromatic N) is 1. The second kappa shape index (κ2) is 8.48. The topological polar surface area (TPSA) is 71.7 Å². The molecule has 0 saturated heterocycles. The van der Waals surface area contributed by atoms with Crippen LogP contribution >= 0.6 is 0 Å². The molecule has 0 saturated carbocycles. The lowest BCUT2D eigenvalue weighted by molar-refractivity contribution is -0.0423. The van der Waals surface area contributed by atoms with Gasteiger partial charge in [0.1, 0.15) is 18.5 Å². The first-order chi connectivity index (χ1) is 9.15. The third-order valence-corrected chi connectivity index (χ3v) is 2.40. The van der Waals surface area contributed by atoms with E-state index in [0.29, 0.717) is 17.9 Å². The fourth-order valence-electron chi connectivity index (χ4n) is 1.42. The predicted octanol–water partition coefficient (Wildman–Crippen LogP) is 1.35. The van der Waals surface area contributed by atoms with Crippen LogP contribution in [0.4, 0.5) is 0 Å². The fraction of sp³-hybridized carbons (Fsp3) is 0.500. The molecule has 0 aliphatic heterocycles. The number of ether oxygens (including phenoxy) is 3. The molecule has 0 aromatic heterocycles. The van der Waals surface area contributed by atoms with Crippen LogP contribution in [0.2, 0.25) is 0 Å². The summed E-state index contributed by atoms with van der Waals surface area (Å²) in [5.74, 6) is 0.614. The first-order valence-corrected chi connectivity index (χ1v) is 6.07. The van der Waals surface area contributed by atoms with Gasteiger partial charge in [0.15, 0.2) is 0 Å². The van der Waals surface area contributed by atoms with Crippen molar-refractivity contribution in [2.24, 2.45) is 0 Å². The molecular formula is C14H19NO4. The molecule has 5 heteroatoms. The van der Waals surface area contributed by atoms with Crippen LogP contribution in [0, 0.1) is 11.3 Å². The molecule has 1 aromatic rings. The standard InChI is InChI=1S/C14H19NO4/c1-11(8-17-2)18-9-13(16)10-19-14-5-3-12(7-15)4-6-14/h3-6,11,13,16H,8-10H2,1-2H3. The van der Waals surface area contributed by atoms with Crippen molar-refractivity contribution in [3.63, 3.8) is 0 Å². The Morgan fingerprint density at radius 2 is 1.89 bits per heavy atom. The Morgan fingerprint density at radius 1 is 1.21 bits per heavy atom. The molecule has 0 heterocycles. The summed E-state index contributed by atoms with van der Waals surface area (Å²) in [6.45, 7) is 2.70. The highest BCUT2D eigenvalue weighted by Crippen LogP contribution is 2.11. The monoisotopic (exact) mass is 265 g/mol. The zero-order valence-electron chi connectivity index (χ0n) is 11.2. The van der Waals surface area contributed by atoms with Gasteiger partial charge in [0, 0.05) is 7.11 Å². The molecule has 0 amide bonds. The van der Waals surface area contributed by atoms with Crippen LogP contribution in [0.3, 0.4) is 0 Å². The van der Waals surface area contributed by atoms with E-state index in [4.69, 9.17) is 19.5 Å². The summed E-state index contributed by atoms with van der Waals surface area (Å²) in [4.78, 5) is 0. The molecule has 0 bridgehead atoms. The SMILES string of the molecule is COCC(C)OCC(O)COc1ccc(C#N)cc1. The zero-order chi connectivity index (χ0) is 14.1. The number of methoxy groups -OCH3 is 1. The van der Waals surface area contributed by atoms with Gasteiger partial charge in [0.05, 0.1) is 31.0 Å². The highest BCUT2D eigenvalue weighted by molar-refractivity contribution is 5.34. The normalized spacial score (nSPS) is 13.6. The predicted molar refractivity (Wildman–Crippen MR) is 69.9 cm³/mol. The van der Waals surface area contributed by atoms with Crippen LogP contribution in [0.25, 0.3) is 0 Å². The molecule has 0 aliphatic rings. The molecule has 5 nitrogen and oxygen atoms in total. The lowest BCUT2D eigenvalue weighted by Gasteiger charge is -2.16. The van der Waals surface area contributed by atoms with Crippen LogP contribution in [0.5, 0.6) is 5.75 Å². The van der Waals surface area contributed by atoms with Crippen LogP contribution in [0.15, 0.2) is 24.3 Å². The second-order valence-corrected chi connectivity index (χ2v) is 4.20. The third-order valence-electron chi connectivity index (χ3n) is 2.40. The van der Waals surface area contributed by atoms with E-state index < -0.39 is 6.10 Å². The molecule has 0 radical (unpaired) electrons. The van der Waals surface area contributed by atoms with Crippen molar-refractivity contribution >= 4 is 0 Å². The lowest BCUT2D eigenvalue weighted by atomic mass is 10.2. The summed E-state index contributed by atoms with van der Waals surface area (Å²) in [5, 5.41) is 18.3. The second-order valence-electron chi connectivity index (χ2n) is 4.20. The summed E-state index contributed by atoms with van der Waals surface area (Å²) >= 11 is 0. The maximum Gasteiger partial charge on any atom is 0.119 e. The van der Waals surface area contributed by atoms with Crippen molar-refractivity contribution in [1.82, 2.24) is 0 Å². The number of hydrogen-bond acceptors (Lipinski definition) is 5. The van der Waals surface area contributed by atoms with Gasteiger partial charge in [-0.1, -0.05) is 0 Å². The Bertz CT molecular complexity index is 399. The van der Waals surface area contributed by atoms with Gasteiger partial charge in [-0.25, -0.2) is 0 Å². The quantitative estimate of drug-likeness (QED) is 0.768. The van der Waals surface area contributed by atoms with Crippen molar-refractivity contribution in [1.29, 1.82) is 5.26 Å². The van der Waals surface area contributed by atoms with Crippen molar-refractivity contribution in [2.45, 2.75) is 19.1 Å². The van der Waals surface area contributed by atoms with Gasteiger partial charge < -0.3 is 19.3 Å². The molecule has 19 heavy (non-hydrogen) atoms. The summed E-state index contributed by atoms with van der Waals surface area (Å²) in [6.07, 6.45) is -0.760. The lowest BCUT2D eigenvalue weighted by Crippen LogP contribution is -2.27. The average Bonchev–Trinajstić information content (AvgIpc) is 2.44. The number of rotatable bonds is 8. The van der Waals surface area contributed by atoms with Crippen molar-refractivity contribution < 1.29 is 19.3 Å². The molecule has 0 fully saturated rings.